The average Bonchev–Trinajstić information content (AvgIpc) is 3.11. The van der Waals surface area contributed by atoms with Crippen LogP contribution >= 0.6 is 0 Å². The zero-order chi connectivity index (χ0) is 23.3. The smallest absolute Gasteiger partial charge is 0.310 e. The number of fused-ring (bicyclic) bond motifs is 3. The maximum atomic E-state index is 14.1. The lowest BCUT2D eigenvalue weighted by Gasteiger charge is -2.53. The topological polar surface area (TPSA) is 63.7 Å². The van der Waals surface area contributed by atoms with Crippen LogP contribution in [0.25, 0.3) is 0 Å². The molecule has 6 heteroatoms. The van der Waals surface area contributed by atoms with Crippen molar-refractivity contribution in [1.82, 2.24) is 0 Å². The van der Waals surface area contributed by atoms with Gasteiger partial charge in [-0.3, -0.25) is 9.10 Å². The Morgan fingerprint density at radius 3 is 2.47 bits per heavy atom. The molecule has 0 N–H and O–H groups in total. The van der Waals surface area contributed by atoms with Crippen LogP contribution in [-0.4, -0.2) is 27.5 Å². The summed E-state index contributed by atoms with van der Waals surface area (Å²) in [6, 6.07) is 14.0. The molecular formula is C26H31NO4S. The SMILES string of the molecule is C=CC(C)(C)[C@@]12CCC[C@@H](C(=O)OC)[C@@H]1N(S(=O)(=O)c1ccc(C)cc1)c1ccccc12. The Kier molecular flexibility index (Phi) is 5.48. The Balaban J connectivity index is 2.04. The van der Waals surface area contributed by atoms with E-state index >= 15 is 0 Å². The summed E-state index contributed by atoms with van der Waals surface area (Å²) in [4.78, 5) is 13.2. The number of para-hydroxylation sites is 1. The van der Waals surface area contributed by atoms with Gasteiger partial charge in [0.05, 0.1) is 29.7 Å². The first-order chi connectivity index (χ1) is 15.1. The van der Waals surface area contributed by atoms with E-state index < -0.39 is 32.8 Å². The minimum absolute atomic E-state index is 0.222. The van der Waals surface area contributed by atoms with Crippen LogP contribution in [0.5, 0.6) is 0 Å². The number of ether oxygens (including phenoxy) is 1. The summed E-state index contributed by atoms with van der Waals surface area (Å²) in [6.07, 6.45) is 4.06. The van der Waals surface area contributed by atoms with Crippen molar-refractivity contribution in [2.24, 2.45) is 11.3 Å². The lowest BCUT2D eigenvalue weighted by atomic mass is 9.52. The molecule has 2 aromatic carbocycles. The number of methoxy groups -OCH3 is 1. The Hall–Kier alpha value is -2.60. The van der Waals surface area contributed by atoms with E-state index in [9.17, 15) is 13.2 Å². The van der Waals surface area contributed by atoms with Gasteiger partial charge in [-0.1, -0.05) is 62.2 Å². The molecule has 1 fully saturated rings. The number of nitrogens with zero attached hydrogens (tertiary/aromatic N) is 1. The van der Waals surface area contributed by atoms with E-state index in [1.165, 1.54) is 11.4 Å². The molecule has 0 saturated heterocycles. The van der Waals surface area contributed by atoms with Gasteiger partial charge in [-0.2, -0.15) is 0 Å². The molecule has 32 heavy (non-hydrogen) atoms. The molecule has 170 valence electrons. The predicted molar refractivity (Wildman–Crippen MR) is 126 cm³/mol. The zero-order valence-electron chi connectivity index (χ0n) is 19.2. The third kappa shape index (κ3) is 3.03. The first-order valence-corrected chi connectivity index (χ1v) is 12.5. The van der Waals surface area contributed by atoms with Gasteiger partial charge in [0.25, 0.3) is 10.0 Å². The van der Waals surface area contributed by atoms with Gasteiger partial charge < -0.3 is 4.74 Å². The average molecular weight is 454 g/mol. The third-order valence-electron chi connectivity index (χ3n) is 7.59. The number of hydrogen-bond donors (Lipinski definition) is 0. The van der Waals surface area contributed by atoms with Gasteiger partial charge in [-0.05, 0) is 48.9 Å². The number of carbonyl (C=O) groups excluding carboxylic acids is 1. The number of carbonyl (C=O) groups is 1. The highest BCUT2D eigenvalue weighted by molar-refractivity contribution is 7.93. The molecule has 2 aliphatic rings. The van der Waals surface area contributed by atoms with Gasteiger partial charge in [0.2, 0.25) is 0 Å². The third-order valence-corrected chi connectivity index (χ3v) is 9.40. The summed E-state index contributed by atoms with van der Waals surface area (Å²) >= 11 is 0. The Morgan fingerprint density at radius 1 is 1.19 bits per heavy atom. The molecule has 0 aromatic heterocycles. The van der Waals surface area contributed by atoms with Crippen molar-refractivity contribution in [2.75, 3.05) is 11.4 Å². The van der Waals surface area contributed by atoms with E-state index in [0.717, 1.165) is 24.0 Å². The number of benzene rings is 2. The lowest BCUT2D eigenvalue weighted by Crippen LogP contribution is -2.60. The van der Waals surface area contributed by atoms with Gasteiger partial charge >= 0.3 is 5.97 Å². The number of rotatable bonds is 5. The fourth-order valence-corrected chi connectivity index (χ4v) is 7.59. The Labute approximate surface area is 191 Å². The number of esters is 1. The number of sulfonamides is 1. The normalized spacial score (nSPS) is 25.1. The summed E-state index contributed by atoms with van der Waals surface area (Å²) in [6.45, 7) is 10.2. The summed E-state index contributed by atoms with van der Waals surface area (Å²) in [5, 5.41) is 0. The van der Waals surface area contributed by atoms with Crippen molar-refractivity contribution < 1.29 is 17.9 Å². The summed E-state index contributed by atoms with van der Waals surface area (Å²) in [5.74, 6) is -0.934. The summed E-state index contributed by atoms with van der Waals surface area (Å²) in [7, 11) is -2.56. The molecule has 3 atom stereocenters. The van der Waals surface area contributed by atoms with E-state index in [-0.39, 0.29) is 10.9 Å². The molecule has 2 aromatic rings. The highest BCUT2D eigenvalue weighted by Gasteiger charge is 2.65. The second-order valence-corrected chi connectivity index (χ2v) is 11.3. The van der Waals surface area contributed by atoms with Gasteiger partial charge in [-0.25, -0.2) is 8.42 Å². The molecule has 1 heterocycles. The first kappa shape index (κ1) is 22.6. The maximum absolute atomic E-state index is 14.1. The number of allylic oxidation sites excluding steroid dienone is 1. The zero-order valence-corrected chi connectivity index (χ0v) is 20.0. The molecule has 1 aliphatic carbocycles. The molecule has 0 spiro atoms. The van der Waals surface area contributed by atoms with Crippen molar-refractivity contribution in [3.63, 3.8) is 0 Å². The molecule has 5 nitrogen and oxygen atoms in total. The van der Waals surface area contributed by atoms with Crippen molar-refractivity contribution in [3.8, 4) is 0 Å². The van der Waals surface area contributed by atoms with Crippen LogP contribution in [0.1, 0.15) is 44.2 Å². The van der Waals surface area contributed by atoms with Crippen LogP contribution in [0, 0.1) is 18.3 Å². The first-order valence-electron chi connectivity index (χ1n) is 11.0. The van der Waals surface area contributed by atoms with Crippen LogP contribution in [0.4, 0.5) is 5.69 Å². The number of aryl methyl sites for hydroxylation is 1. The number of hydrogen-bond acceptors (Lipinski definition) is 4. The summed E-state index contributed by atoms with van der Waals surface area (Å²) in [5.41, 5.74) is 1.53. The molecule has 0 radical (unpaired) electrons. The minimum Gasteiger partial charge on any atom is -0.469 e. The van der Waals surface area contributed by atoms with Gasteiger partial charge in [0.1, 0.15) is 0 Å². The van der Waals surface area contributed by atoms with Crippen LogP contribution in [0.3, 0.4) is 0 Å². The van der Waals surface area contributed by atoms with Crippen molar-refractivity contribution >= 4 is 21.7 Å². The molecule has 4 rings (SSSR count). The molecule has 0 unspecified atom stereocenters. The molecule has 1 saturated carbocycles. The van der Waals surface area contributed by atoms with Crippen LogP contribution in [0.15, 0.2) is 66.1 Å². The minimum atomic E-state index is -3.93. The van der Waals surface area contributed by atoms with E-state index in [2.05, 4.69) is 20.4 Å². The van der Waals surface area contributed by atoms with Crippen LogP contribution in [-0.2, 0) is 25.0 Å². The Morgan fingerprint density at radius 2 is 1.84 bits per heavy atom. The summed E-state index contributed by atoms with van der Waals surface area (Å²) < 4.78 is 34.9. The largest absolute Gasteiger partial charge is 0.469 e. The highest BCUT2D eigenvalue weighted by atomic mass is 32.2. The van der Waals surface area contributed by atoms with Gasteiger partial charge in [-0.15, -0.1) is 6.58 Å². The van der Waals surface area contributed by atoms with E-state index in [1.807, 2.05) is 37.3 Å². The lowest BCUT2D eigenvalue weighted by molar-refractivity contribution is -0.148. The van der Waals surface area contributed by atoms with Crippen molar-refractivity contribution in [1.29, 1.82) is 0 Å². The van der Waals surface area contributed by atoms with Crippen molar-refractivity contribution in [3.05, 3.63) is 72.3 Å². The van der Waals surface area contributed by atoms with E-state index in [0.29, 0.717) is 12.1 Å². The van der Waals surface area contributed by atoms with Crippen LogP contribution < -0.4 is 4.31 Å². The fraction of sp³-hybridized carbons (Fsp3) is 0.423. The van der Waals surface area contributed by atoms with Gasteiger partial charge in [0, 0.05) is 5.41 Å². The predicted octanol–water partition coefficient (Wildman–Crippen LogP) is 5.00. The molecular weight excluding hydrogens is 422 g/mol. The van der Waals surface area contributed by atoms with E-state index in [4.69, 9.17) is 4.74 Å². The maximum Gasteiger partial charge on any atom is 0.310 e. The molecule has 0 bridgehead atoms. The monoisotopic (exact) mass is 453 g/mol. The second kappa shape index (κ2) is 7.77. The molecule has 0 amide bonds. The Bertz CT molecular complexity index is 1150. The molecule has 1 aliphatic heterocycles. The number of anilines is 1. The van der Waals surface area contributed by atoms with E-state index in [1.54, 1.807) is 24.3 Å². The van der Waals surface area contributed by atoms with Crippen molar-refractivity contribution in [2.45, 2.75) is 56.4 Å². The van der Waals surface area contributed by atoms with Gasteiger partial charge in [0.15, 0.2) is 0 Å². The second-order valence-electron chi connectivity index (χ2n) is 9.49. The highest BCUT2D eigenvalue weighted by Crippen LogP contribution is 2.62. The van der Waals surface area contributed by atoms with Crippen LogP contribution in [0.2, 0.25) is 0 Å². The standard InChI is InChI=1S/C26H31NO4S/c1-6-25(3,4)26-17-9-10-20(24(28)31-5)23(26)27(22-12-8-7-11-21(22)26)32(29,30)19-15-13-18(2)14-16-19/h6-8,11-16,20,23H,1,9-10,17H2,2-5H3/t20-,23+,26-/m1/s1. The fourth-order valence-electron chi connectivity index (χ4n) is 5.83. The quantitative estimate of drug-likeness (QED) is 0.472.